The van der Waals surface area contributed by atoms with Gasteiger partial charge in [0.15, 0.2) is 0 Å². The molecule has 0 saturated carbocycles. The number of halogens is 1. The third-order valence-electron chi connectivity index (χ3n) is 3.59. The van der Waals surface area contributed by atoms with Crippen molar-refractivity contribution in [2.75, 3.05) is 0 Å². The first kappa shape index (κ1) is 21.0. The van der Waals surface area contributed by atoms with Crippen molar-refractivity contribution in [1.29, 1.82) is 0 Å². The molecule has 1 N–H and O–H groups in total. The van der Waals surface area contributed by atoms with Crippen LogP contribution in [0, 0.1) is 5.92 Å². The Kier molecular flexibility index (Phi) is 7.33. The van der Waals surface area contributed by atoms with E-state index < -0.39 is 22.0 Å². The highest BCUT2D eigenvalue weighted by atomic mass is 79.9. The minimum atomic E-state index is -3.83. The van der Waals surface area contributed by atoms with Gasteiger partial charge in [-0.1, -0.05) is 36.7 Å². The van der Waals surface area contributed by atoms with Crippen LogP contribution in [-0.4, -0.2) is 25.4 Å². The summed E-state index contributed by atoms with van der Waals surface area (Å²) in [5.41, 5.74) is 0.665. The Labute approximate surface area is 166 Å². The Hall–Kier alpha value is -1.29. The van der Waals surface area contributed by atoms with Crippen LogP contribution in [0.15, 0.2) is 39.0 Å². The van der Waals surface area contributed by atoms with Gasteiger partial charge in [0.05, 0.1) is 15.6 Å². The number of carbonyl (C=O) groups is 1. The molecule has 0 unspecified atom stereocenters. The zero-order valence-electron chi connectivity index (χ0n) is 14.7. The van der Waals surface area contributed by atoms with E-state index in [1.54, 1.807) is 26.0 Å². The van der Waals surface area contributed by atoms with Crippen LogP contribution in [0.1, 0.15) is 31.5 Å². The lowest BCUT2D eigenvalue weighted by Gasteiger charge is -2.20. The van der Waals surface area contributed by atoms with E-state index in [4.69, 9.17) is 4.74 Å². The first-order chi connectivity index (χ1) is 12.2. The van der Waals surface area contributed by atoms with Crippen molar-refractivity contribution in [3.63, 3.8) is 0 Å². The van der Waals surface area contributed by atoms with Gasteiger partial charge in [-0.25, -0.2) is 13.4 Å². The van der Waals surface area contributed by atoms with Crippen LogP contribution >= 0.6 is 27.3 Å². The minimum Gasteiger partial charge on any atom is -0.458 e. The molecule has 1 atom stereocenters. The highest BCUT2D eigenvalue weighted by Crippen LogP contribution is 2.17. The van der Waals surface area contributed by atoms with Crippen molar-refractivity contribution in [2.45, 2.75) is 44.7 Å². The second-order valence-electron chi connectivity index (χ2n) is 5.99. The summed E-state index contributed by atoms with van der Waals surface area (Å²) < 4.78 is 33.6. The largest absolute Gasteiger partial charge is 0.458 e. The lowest BCUT2D eigenvalue weighted by atomic mass is 10.1. The van der Waals surface area contributed by atoms with Gasteiger partial charge < -0.3 is 4.74 Å². The molecule has 9 heteroatoms. The van der Waals surface area contributed by atoms with Crippen LogP contribution in [0.3, 0.4) is 0 Å². The summed E-state index contributed by atoms with van der Waals surface area (Å²) in [4.78, 5) is 16.8. The summed E-state index contributed by atoms with van der Waals surface area (Å²) in [5.74, 6) is -0.888. The second kappa shape index (κ2) is 9.07. The molecule has 0 aliphatic rings. The van der Waals surface area contributed by atoms with E-state index in [0.717, 1.165) is 15.9 Å². The molecular weight excluding hydrogens is 440 g/mol. The SMILES string of the molecule is CCc1nc(COC(=O)[C@@H](NS(=O)(=O)c2ccc(Br)cc2)C(C)C)cs1. The number of thiazole rings is 1. The number of sulfonamides is 1. The average Bonchev–Trinajstić information content (AvgIpc) is 3.06. The van der Waals surface area contributed by atoms with E-state index in [2.05, 4.69) is 25.6 Å². The van der Waals surface area contributed by atoms with Gasteiger partial charge >= 0.3 is 5.97 Å². The predicted octanol–water partition coefficient (Wildman–Crippen LogP) is 3.51. The molecule has 1 aromatic carbocycles. The van der Waals surface area contributed by atoms with Crippen molar-refractivity contribution in [2.24, 2.45) is 5.92 Å². The lowest BCUT2D eigenvalue weighted by molar-refractivity contribution is -0.148. The number of aromatic nitrogens is 1. The summed E-state index contributed by atoms with van der Waals surface area (Å²) in [6.45, 7) is 5.54. The zero-order chi connectivity index (χ0) is 19.3. The highest BCUT2D eigenvalue weighted by molar-refractivity contribution is 9.10. The van der Waals surface area contributed by atoms with E-state index in [0.29, 0.717) is 5.69 Å². The molecule has 0 aliphatic carbocycles. The summed E-state index contributed by atoms with van der Waals surface area (Å²) in [7, 11) is -3.83. The molecule has 2 rings (SSSR count). The molecule has 1 aromatic heterocycles. The number of rotatable bonds is 8. The summed E-state index contributed by atoms with van der Waals surface area (Å²) in [5, 5.41) is 2.80. The fraction of sp³-hybridized carbons (Fsp3) is 0.412. The standard InChI is InChI=1S/C17H21BrN2O4S2/c1-4-15-19-13(10-25-15)9-24-17(21)16(11(2)3)20-26(22,23)14-7-5-12(18)6-8-14/h5-8,10-11,16,20H,4,9H2,1-3H3/t16-/m0/s1. The van der Waals surface area contributed by atoms with Crippen LogP contribution < -0.4 is 4.72 Å². The molecule has 0 aliphatic heterocycles. The van der Waals surface area contributed by atoms with E-state index in [1.807, 2.05) is 12.3 Å². The predicted molar refractivity (Wildman–Crippen MR) is 104 cm³/mol. The third kappa shape index (κ3) is 5.60. The van der Waals surface area contributed by atoms with Crippen LogP contribution in [0.2, 0.25) is 0 Å². The topological polar surface area (TPSA) is 85.4 Å². The maximum absolute atomic E-state index is 12.5. The molecule has 0 bridgehead atoms. The van der Waals surface area contributed by atoms with Crippen molar-refractivity contribution < 1.29 is 17.9 Å². The highest BCUT2D eigenvalue weighted by Gasteiger charge is 2.29. The molecule has 2 aromatic rings. The van der Waals surface area contributed by atoms with Gasteiger partial charge in [-0.2, -0.15) is 4.72 Å². The van der Waals surface area contributed by atoms with E-state index in [9.17, 15) is 13.2 Å². The second-order valence-corrected chi connectivity index (χ2v) is 9.56. The Bertz CT molecular complexity index is 848. The summed E-state index contributed by atoms with van der Waals surface area (Å²) in [6, 6.07) is 5.22. The number of hydrogen-bond donors (Lipinski definition) is 1. The first-order valence-electron chi connectivity index (χ1n) is 8.10. The summed E-state index contributed by atoms with van der Waals surface area (Å²) in [6.07, 6.45) is 0.820. The Balaban J connectivity index is 2.07. The number of aryl methyl sites for hydroxylation is 1. The van der Waals surface area contributed by atoms with Crippen LogP contribution in [0.4, 0.5) is 0 Å². The average molecular weight is 461 g/mol. The number of nitrogens with one attached hydrogen (secondary N) is 1. The molecule has 0 spiro atoms. The number of ether oxygens (including phenoxy) is 1. The van der Waals surface area contributed by atoms with E-state index in [-0.39, 0.29) is 17.4 Å². The third-order valence-corrected chi connectivity index (χ3v) is 6.62. The monoisotopic (exact) mass is 460 g/mol. The van der Waals surface area contributed by atoms with Crippen LogP contribution in [0.25, 0.3) is 0 Å². The van der Waals surface area contributed by atoms with Gasteiger partial charge in [0.1, 0.15) is 12.6 Å². The normalized spacial score (nSPS) is 13.0. The molecule has 0 amide bonds. The maximum atomic E-state index is 12.5. The van der Waals surface area contributed by atoms with Gasteiger partial charge in [-0.15, -0.1) is 11.3 Å². The number of esters is 1. The Morgan fingerprint density at radius 3 is 2.50 bits per heavy atom. The molecule has 0 radical (unpaired) electrons. The fourth-order valence-corrected chi connectivity index (χ4v) is 4.44. The lowest BCUT2D eigenvalue weighted by Crippen LogP contribution is -2.45. The van der Waals surface area contributed by atoms with Gasteiger partial charge in [-0.3, -0.25) is 4.79 Å². The minimum absolute atomic E-state index is 0.0264. The fourth-order valence-electron chi connectivity index (χ4n) is 2.12. The van der Waals surface area contributed by atoms with Crippen LogP contribution in [-0.2, 0) is 32.6 Å². The quantitative estimate of drug-likeness (QED) is 0.609. The first-order valence-corrected chi connectivity index (χ1v) is 11.3. The molecular formula is C17H21BrN2O4S2. The van der Waals surface area contributed by atoms with E-state index >= 15 is 0 Å². The Morgan fingerprint density at radius 1 is 1.31 bits per heavy atom. The molecule has 1 heterocycles. The van der Waals surface area contributed by atoms with Crippen molar-refractivity contribution >= 4 is 43.3 Å². The number of nitrogens with zero attached hydrogens (tertiary/aromatic N) is 1. The number of hydrogen-bond acceptors (Lipinski definition) is 6. The number of benzene rings is 1. The molecule has 0 saturated heterocycles. The van der Waals surface area contributed by atoms with Gasteiger partial charge in [0.25, 0.3) is 0 Å². The zero-order valence-corrected chi connectivity index (χ0v) is 17.9. The van der Waals surface area contributed by atoms with Gasteiger partial charge in [0, 0.05) is 9.85 Å². The molecule has 6 nitrogen and oxygen atoms in total. The van der Waals surface area contributed by atoms with Crippen molar-refractivity contribution in [3.05, 3.63) is 44.8 Å². The summed E-state index contributed by atoms with van der Waals surface area (Å²) >= 11 is 4.77. The molecule has 0 fully saturated rings. The van der Waals surface area contributed by atoms with Crippen molar-refractivity contribution in [3.8, 4) is 0 Å². The van der Waals surface area contributed by atoms with Gasteiger partial charge in [0.2, 0.25) is 10.0 Å². The molecule has 26 heavy (non-hydrogen) atoms. The Morgan fingerprint density at radius 2 is 1.96 bits per heavy atom. The van der Waals surface area contributed by atoms with Crippen molar-refractivity contribution in [1.82, 2.24) is 9.71 Å². The molecule has 142 valence electrons. The smallest absolute Gasteiger partial charge is 0.324 e. The number of carbonyl (C=O) groups excluding carboxylic acids is 1. The maximum Gasteiger partial charge on any atom is 0.324 e. The van der Waals surface area contributed by atoms with E-state index in [1.165, 1.54) is 23.5 Å². The van der Waals surface area contributed by atoms with Gasteiger partial charge in [-0.05, 0) is 36.6 Å². The van der Waals surface area contributed by atoms with Crippen LogP contribution in [0.5, 0.6) is 0 Å².